The minimum Gasteiger partial charge on any atom is -0.508 e. The number of hydrogen-bond donors (Lipinski definition) is 3. The van der Waals surface area contributed by atoms with Crippen LogP contribution in [0, 0.1) is 17.6 Å². The van der Waals surface area contributed by atoms with Gasteiger partial charge in [-0.25, -0.2) is 32.6 Å². The summed E-state index contributed by atoms with van der Waals surface area (Å²) in [6.07, 6.45) is 4.80. The maximum absolute atomic E-state index is 15.7. The van der Waals surface area contributed by atoms with Gasteiger partial charge in [-0.05, 0) is 105 Å². The van der Waals surface area contributed by atoms with Gasteiger partial charge in [0.1, 0.15) is 60.1 Å². The van der Waals surface area contributed by atoms with Gasteiger partial charge in [-0.3, -0.25) is 9.69 Å². The van der Waals surface area contributed by atoms with E-state index in [1.807, 2.05) is 55.5 Å². The summed E-state index contributed by atoms with van der Waals surface area (Å²) >= 11 is 0. The third-order valence-corrected chi connectivity index (χ3v) is 14.3. The number of esters is 1. The highest BCUT2D eigenvalue weighted by Crippen LogP contribution is 2.42. The molecule has 1 unspecified atom stereocenters. The summed E-state index contributed by atoms with van der Waals surface area (Å²) in [5.41, 5.74) is 8.71. The molecular formula is C56H64F2N11O9+. The smallest absolute Gasteiger partial charge is 0.418 e. The SMILES string of the molecule is CC[C@@H]([C@H](C)O)n1ncn(-c2ccc(N3CCN(c4ccc(OC[C@@H]5CO[C@@](Cn6c[n+](C(C)OC(=O)N(C)c7ncccc7COC(=O)[C@@H](N)Cc7ccc(O)cc7)cn6)(c6ccc(F)cc6F)C5)cc4)CC3)cc2)c1=O. The zero-order valence-corrected chi connectivity index (χ0v) is 43.8. The first kappa shape index (κ1) is 54.6. The number of aliphatic hydroxyl groups excluding tert-OH is 1. The van der Waals surface area contributed by atoms with E-state index in [0.717, 1.165) is 49.2 Å². The fraction of sp³-hybridized carbons (Fsp3) is 0.375. The summed E-state index contributed by atoms with van der Waals surface area (Å²) in [6.45, 7) is 8.72. The van der Waals surface area contributed by atoms with Crippen LogP contribution in [-0.2, 0) is 44.2 Å². The Morgan fingerprint density at radius 3 is 2.28 bits per heavy atom. The first-order valence-corrected chi connectivity index (χ1v) is 25.9. The molecule has 410 valence electrons. The fourth-order valence-corrected chi connectivity index (χ4v) is 9.98. The van der Waals surface area contributed by atoms with E-state index in [1.54, 1.807) is 53.7 Å². The number of anilines is 3. The third kappa shape index (κ3) is 12.5. The van der Waals surface area contributed by atoms with Crippen LogP contribution in [0.15, 0.2) is 133 Å². The summed E-state index contributed by atoms with van der Waals surface area (Å²) in [6, 6.07) is 27.4. The average Bonchev–Trinajstić information content (AvgIpc) is 4.33. The van der Waals surface area contributed by atoms with Gasteiger partial charge in [-0.15, -0.1) is 4.68 Å². The lowest BCUT2D eigenvalue weighted by Gasteiger charge is -2.37. The molecule has 20 nitrogen and oxygen atoms in total. The van der Waals surface area contributed by atoms with Crippen LogP contribution in [0.3, 0.4) is 0 Å². The van der Waals surface area contributed by atoms with E-state index in [1.165, 1.54) is 64.3 Å². The maximum atomic E-state index is 15.7. The summed E-state index contributed by atoms with van der Waals surface area (Å²) < 4.78 is 59.9. The Hall–Kier alpha value is -8.21. The second-order valence-corrected chi connectivity index (χ2v) is 19.7. The Morgan fingerprint density at radius 2 is 1.62 bits per heavy atom. The third-order valence-electron chi connectivity index (χ3n) is 14.3. The topological polar surface area (TPSA) is 222 Å². The normalized spacial score (nSPS) is 18.0. The van der Waals surface area contributed by atoms with Crippen LogP contribution >= 0.6 is 0 Å². The molecule has 3 aromatic heterocycles. The number of hydrogen-bond acceptors (Lipinski definition) is 15. The molecule has 0 saturated carbocycles. The monoisotopic (exact) mass is 1070 g/mol. The van der Waals surface area contributed by atoms with E-state index in [4.69, 9.17) is 24.7 Å². The molecule has 4 N–H and O–H groups in total. The number of benzene rings is 4. The van der Waals surface area contributed by atoms with Crippen molar-refractivity contribution < 1.29 is 52.1 Å². The molecule has 0 radical (unpaired) electrons. The highest BCUT2D eigenvalue weighted by Gasteiger charge is 2.46. The molecule has 4 aromatic carbocycles. The van der Waals surface area contributed by atoms with Crippen LogP contribution in [0.1, 0.15) is 62.6 Å². The van der Waals surface area contributed by atoms with E-state index >= 15 is 4.39 Å². The molecule has 22 heteroatoms. The number of phenols is 1. The number of ether oxygens (including phenoxy) is 4. The van der Waals surface area contributed by atoms with Crippen LogP contribution in [0.25, 0.3) is 5.69 Å². The Kier molecular flexibility index (Phi) is 16.8. The summed E-state index contributed by atoms with van der Waals surface area (Å²) in [7, 11) is 1.47. The van der Waals surface area contributed by atoms with Gasteiger partial charge in [0.2, 0.25) is 12.6 Å². The zero-order chi connectivity index (χ0) is 55.1. The first-order valence-electron chi connectivity index (χ1n) is 25.9. The van der Waals surface area contributed by atoms with Crippen molar-refractivity contribution in [1.29, 1.82) is 0 Å². The van der Waals surface area contributed by atoms with Crippen molar-refractivity contribution in [2.45, 2.75) is 83.2 Å². The van der Waals surface area contributed by atoms with Crippen LogP contribution in [0.5, 0.6) is 11.5 Å². The maximum Gasteiger partial charge on any atom is 0.418 e. The summed E-state index contributed by atoms with van der Waals surface area (Å²) in [4.78, 5) is 49.6. The molecule has 78 heavy (non-hydrogen) atoms. The number of rotatable bonds is 20. The number of halogens is 2. The lowest BCUT2D eigenvalue weighted by molar-refractivity contribution is -0.753. The number of pyridine rings is 1. The quantitative estimate of drug-likeness (QED) is 0.0591. The molecule has 0 bridgehead atoms. The second-order valence-electron chi connectivity index (χ2n) is 19.7. The number of aromatic hydroxyl groups is 1. The molecule has 2 saturated heterocycles. The van der Waals surface area contributed by atoms with Crippen molar-refractivity contribution in [2.24, 2.45) is 11.7 Å². The molecule has 5 heterocycles. The number of aromatic nitrogens is 7. The molecule has 1 amide bonds. The van der Waals surface area contributed by atoms with Gasteiger partial charge in [0, 0.05) is 85.9 Å². The molecule has 9 rings (SSSR count). The highest BCUT2D eigenvalue weighted by atomic mass is 19.1. The van der Waals surface area contributed by atoms with Gasteiger partial charge in [0.15, 0.2) is 0 Å². The molecule has 2 aliphatic heterocycles. The molecular weight excluding hydrogens is 1010 g/mol. The molecule has 0 aliphatic carbocycles. The molecule has 2 fully saturated rings. The number of piperazine rings is 1. The van der Waals surface area contributed by atoms with E-state index in [0.29, 0.717) is 29.8 Å². The Bertz CT molecular complexity index is 3220. The van der Waals surface area contributed by atoms with Crippen molar-refractivity contribution in [3.63, 3.8) is 0 Å². The summed E-state index contributed by atoms with van der Waals surface area (Å²) in [5.74, 6) is -1.34. The lowest BCUT2D eigenvalue weighted by Crippen LogP contribution is -2.46. The molecule has 2 aliphatic rings. The highest BCUT2D eigenvalue weighted by molar-refractivity contribution is 5.86. The van der Waals surface area contributed by atoms with Gasteiger partial charge in [0.25, 0.3) is 6.33 Å². The molecule has 6 atom stereocenters. The largest absolute Gasteiger partial charge is 0.508 e. The van der Waals surface area contributed by atoms with Crippen LogP contribution in [-0.4, -0.2) is 110 Å². The predicted molar refractivity (Wildman–Crippen MR) is 283 cm³/mol. The van der Waals surface area contributed by atoms with Crippen LogP contribution in [0.4, 0.5) is 30.8 Å². The van der Waals surface area contributed by atoms with Crippen molar-refractivity contribution in [3.05, 3.63) is 167 Å². The minimum atomic E-state index is -1.25. The lowest BCUT2D eigenvalue weighted by atomic mass is 9.87. The second kappa shape index (κ2) is 24.0. The Balaban J connectivity index is 0.771. The average molecular weight is 1070 g/mol. The Labute approximate surface area is 449 Å². The minimum absolute atomic E-state index is 0.0420. The number of carbonyl (C=O) groups excluding carboxylic acids is 2. The number of carbonyl (C=O) groups is 2. The fourth-order valence-electron chi connectivity index (χ4n) is 9.98. The number of nitrogens with zero attached hydrogens (tertiary/aromatic N) is 10. The van der Waals surface area contributed by atoms with Crippen molar-refractivity contribution in [3.8, 4) is 17.2 Å². The van der Waals surface area contributed by atoms with Gasteiger partial charge in [-0.1, -0.05) is 31.2 Å². The van der Waals surface area contributed by atoms with Gasteiger partial charge < -0.3 is 44.7 Å². The van der Waals surface area contributed by atoms with Crippen LogP contribution < -0.4 is 35.4 Å². The van der Waals surface area contributed by atoms with E-state index in [-0.39, 0.29) is 61.5 Å². The van der Waals surface area contributed by atoms with Crippen molar-refractivity contribution in [2.75, 3.05) is 61.1 Å². The first-order chi connectivity index (χ1) is 37.6. The molecule has 0 spiro atoms. The zero-order valence-electron chi connectivity index (χ0n) is 43.8. The van der Waals surface area contributed by atoms with Crippen molar-refractivity contribution >= 4 is 29.3 Å². The van der Waals surface area contributed by atoms with Gasteiger partial charge in [-0.2, -0.15) is 9.67 Å². The predicted octanol–water partition coefficient (Wildman–Crippen LogP) is 5.97. The summed E-state index contributed by atoms with van der Waals surface area (Å²) in [5, 5.41) is 28.5. The number of nitrogens with two attached hydrogens (primary N) is 1. The van der Waals surface area contributed by atoms with Gasteiger partial charge in [0.05, 0.1) is 31.0 Å². The molecule has 7 aromatic rings. The van der Waals surface area contributed by atoms with E-state index in [9.17, 15) is 29.0 Å². The number of aliphatic hydroxyl groups is 1. The van der Waals surface area contributed by atoms with Crippen molar-refractivity contribution in [1.82, 2.24) is 29.1 Å². The standard InChI is InChI=1S/C56H63F2N11O9/c1-5-51(37(2)70)69-54(73)68(35-62-69)45-13-11-43(12-14-45)64-23-25-65(26-24-64)44-15-19-47(20-16-44)75-30-40-29-56(77-31-40,48-21-10-42(57)28-49(48)58)33-67-36-66(34-61-67)38(3)78-55(74)63(4)52-41(7-6-22-60-52)32-76-53(72)50(59)27-39-8-17-46(71)18-9-39/h6-22,28,34-38,40,50-51,70H,5,23-27,29-33,59H2,1-4H3/p+1/t37-,38?,40+,50-,51-,56-/m0/s1. The van der Waals surface area contributed by atoms with E-state index < -0.39 is 53.7 Å². The van der Waals surface area contributed by atoms with Crippen LogP contribution in [0.2, 0.25) is 0 Å². The number of phenolic OH excluding ortho intramolecular Hbond substituents is 1. The van der Waals surface area contributed by atoms with E-state index in [2.05, 4.69) is 25.0 Å². The Morgan fingerprint density at radius 1 is 0.936 bits per heavy atom. The van der Waals surface area contributed by atoms with Gasteiger partial charge >= 0.3 is 17.8 Å². The number of amides is 1.